The molecule has 2 rings (SSSR count). The predicted octanol–water partition coefficient (Wildman–Crippen LogP) is 4.84. The Kier molecular flexibility index (Phi) is 5.48. The van der Waals surface area contributed by atoms with Crippen LogP contribution in [-0.2, 0) is 11.3 Å². The van der Waals surface area contributed by atoms with Crippen LogP contribution in [-0.4, -0.2) is 6.61 Å². The van der Waals surface area contributed by atoms with Gasteiger partial charge < -0.3 is 15.4 Å². The zero-order chi connectivity index (χ0) is 15.9. The van der Waals surface area contributed by atoms with Gasteiger partial charge in [-0.25, -0.2) is 0 Å². The lowest BCUT2D eigenvalue weighted by molar-refractivity contribution is 0.236. The van der Waals surface area contributed by atoms with Crippen molar-refractivity contribution in [3.8, 4) is 0 Å². The van der Waals surface area contributed by atoms with Gasteiger partial charge in [-0.3, -0.25) is 0 Å². The molecule has 0 heterocycles. The molecule has 3 nitrogen and oxygen atoms in total. The summed E-state index contributed by atoms with van der Waals surface area (Å²) in [5.74, 6) is 0.575. The van der Waals surface area contributed by atoms with Crippen LogP contribution in [0.25, 0.3) is 0 Å². The average molecular weight is 296 g/mol. The van der Waals surface area contributed by atoms with Crippen LogP contribution in [0.3, 0.4) is 0 Å². The van der Waals surface area contributed by atoms with Gasteiger partial charge in [0.1, 0.15) is 0 Å². The molecule has 0 aliphatic rings. The molecule has 2 aromatic rings. The summed E-state index contributed by atoms with van der Waals surface area (Å²) in [6.45, 7) is 11.4. The second-order valence-electron chi connectivity index (χ2n) is 5.35. The summed E-state index contributed by atoms with van der Waals surface area (Å²) in [6.07, 6.45) is 0. The highest BCUT2D eigenvalue weighted by Crippen LogP contribution is 2.21. The van der Waals surface area contributed by atoms with E-state index in [0.717, 1.165) is 23.5 Å². The molecule has 0 spiro atoms. The van der Waals surface area contributed by atoms with Crippen LogP contribution in [0, 0.1) is 13.8 Å². The number of hydrogen-bond donors (Lipinski definition) is 2. The molecule has 0 bridgehead atoms. The van der Waals surface area contributed by atoms with E-state index in [1.807, 2.05) is 13.0 Å². The summed E-state index contributed by atoms with van der Waals surface area (Å²) < 4.78 is 5.32. The molecular formula is C19H24N2O. The fraction of sp³-hybridized carbons (Fsp3) is 0.263. The van der Waals surface area contributed by atoms with Crippen molar-refractivity contribution in [2.24, 2.45) is 0 Å². The summed E-state index contributed by atoms with van der Waals surface area (Å²) in [4.78, 5) is 0. The quantitative estimate of drug-likeness (QED) is 0.718. The molecule has 116 valence electrons. The van der Waals surface area contributed by atoms with Gasteiger partial charge in [0.2, 0.25) is 0 Å². The number of ether oxygens (including phenoxy) is 1. The highest BCUT2D eigenvalue weighted by Gasteiger charge is 2.02. The van der Waals surface area contributed by atoms with Gasteiger partial charge >= 0.3 is 0 Å². The molecule has 0 saturated heterocycles. The first kappa shape index (κ1) is 16.0. The third-order valence-corrected chi connectivity index (χ3v) is 3.44. The van der Waals surface area contributed by atoms with Gasteiger partial charge in [-0.2, -0.15) is 0 Å². The Bertz CT molecular complexity index is 632. The fourth-order valence-electron chi connectivity index (χ4n) is 2.18. The maximum atomic E-state index is 5.32. The lowest BCUT2D eigenvalue weighted by Gasteiger charge is -2.14. The topological polar surface area (TPSA) is 33.3 Å². The van der Waals surface area contributed by atoms with E-state index in [4.69, 9.17) is 4.74 Å². The number of benzene rings is 2. The monoisotopic (exact) mass is 296 g/mol. The summed E-state index contributed by atoms with van der Waals surface area (Å²) in [5, 5.41) is 6.62. The largest absolute Gasteiger partial charge is 0.480 e. The van der Waals surface area contributed by atoms with E-state index in [1.165, 1.54) is 11.1 Å². The van der Waals surface area contributed by atoms with Gasteiger partial charge in [0.15, 0.2) is 5.88 Å². The third-order valence-electron chi connectivity index (χ3n) is 3.44. The standard InChI is InChI=1S/C19H24N2O/c1-5-22-16(4)21-19-11-10-18(12-15(19)3)20-13-17-8-6-14(2)7-9-17/h6-12,20-21H,4-5,13H2,1-3H3. The first-order valence-electron chi connectivity index (χ1n) is 7.57. The zero-order valence-electron chi connectivity index (χ0n) is 13.6. The summed E-state index contributed by atoms with van der Waals surface area (Å²) in [7, 11) is 0. The van der Waals surface area contributed by atoms with Crippen molar-refractivity contribution in [3.63, 3.8) is 0 Å². The predicted molar refractivity (Wildman–Crippen MR) is 94.1 cm³/mol. The Balaban J connectivity index is 1.97. The van der Waals surface area contributed by atoms with E-state index in [0.29, 0.717) is 12.5 Å². The first-order chi connectivity index (χ1) is 10.6. The Labute approximate surface area is 133 Å². The Morgan fingerprint density at radius 1 is 1.09 bits per heavy atom. The van der Waals surface area contributed by atoms with Crippen molar-refractivity contribution in [1.29, 1.82) is 0 Å². The van der Waals surface area contributed by atoms with E-state index in [1.54, 1.807) is 0 Å². The van der Waals surface area contributed by atoms with Crippen molar-refractivity contribution in [2.45, 2.75) is 27.3 Å². The summed E-state index contributed by atoms with van der Waals surface area (Å²) in [6, 6.07) is 14.8. The van der Waals surface area contributed by atoms with Crippen LogP contribution in [0.1, 0.15) is 23.6 Å². The van der Waals surface area contributed by atoms with Gasteiger partial charge in [0.25, 0.3) is 0 Å². The van der Waals surface area contributed by atoms with Crippen LogP contribution in [0.2, 0.25) is 0 Å². The number of anilines is 2. The highest BCUT2D eigenvalue weighted by molar-refractivity contribution is 5.60. The second kappa shape index (κ2) is 7.55. The summed E-state index contributed by atoms with van der Waals surface area (Å²) in [5.41, 5.74) is 5.82. The Morgan fingerprint density at radius 3 is 2.45 bits per heavy atom. The minimum Gasteiger partial charge on any atom is -0.480 e. The van der Waals surface area contributed by atoms with Gasteiger partial charge in [-0.05, 0) is 56.7 Å². The highest BCUT2D eigenvalue weighted by atomic mass is 16.5. The van der Waals surface area contributed by atoms with Crippen LogP contribution >= 0.6 is 0 Å². The van der Waals surface area contributed by atoms with Crippen molar-refractivity contribution in [2.75, 3.05) is 17.2 Å². The lowest BCUT2D eigenvalue weighted by atomic mass is 10.1. The van der Waals surface area contributed by atoms with Crippen LogP contribution in [0.5, 0.6) is 0 Å². The first-order valence-corrected chi connectivity index (χ1v) is 7.57. The molecule has 2 N–H and O–H groups in total. The molecule has 2 aromatic carbocycles. The normalized spacial score (nSPS) is 10.1. The van der Waals surface area contributed by atoms with Crippen LogP contribution in [0.15, 0.2) is 54.9 Å². The van der Waals surface area contributed by atoms with Gasteiger partial charge in [-0.15, -0.1) is 0 Å². The van der Waals surface area contributed by atoms with Crippen molar-refractivity contribution >= 4 is 11.4 Å². The van der Waals surface area contributed by atoms with E-state index in [9.17, 15) is 0 Å². The zero-order valence-corrected chi connectivity index (χ0v) is 13.6. The van der Waals surface area contributed by atoms with Crippen molar-refractivity contribution < 1.29 is 4.74 Å². The maximum absolute atomic E-state index is 5.32. The number of nitrogens with one attached hydrogen (secondary N) is 2. The molecule has 0 fully saturated rings. The minimum absolute atomic E-state index is 0.575. The molecular weight excluding hydrogens is 272 g/mol. The smallest absolute Gasteiger partial charge is 0.183 e. The molecule has 0 aliphatic carbocycles. The van der Waals surface area contributed by atoms with Gasteiger partial charge in [0.05, 0.1) is 6.61 Å². The van der Waals surface area contributed by atoms with E-state index in [2.05, 4.69) is 67.5 Å². The molecule has 3 heteroatoms. The molecule has 22 heavy (non-hydrogen) atoms. The van der Waals surface area contributed by atoms with E-state index < -0.39 is 0 Å². The van der Waals surface area contributed by atoms with E-state index >= 15 is 0 Å². The van der Waals surface area contributed by atoms with E-state index in [-0.39, 0.29) is 0 Å². The molecule has 0 amide bonds. The molecule has 0 atom stereocenters. The van der Waals surface area contributed by atoms with Gasteiger partial charge in [0, 0.05) is 17.9 Å². The molecule has 0 saturated carbocycles. The number of hydrogen-bond acceptors (Lipinski definition) is 3. The van der Waals surface area contributed by atoms with Gasteiger partial charge in [-0.1, -0.05) is 29.8 Å². The third kappa shape index (κ3) is 4.55. The fourth-order valence-corrected chi connectivity index (χ4v) is 2.18. The molecule has 0 aromatic heterocycles. The second-order valence-corrected chi connectivity index (χ2v) is 5.35. The Hall–Kier alpha value is -2.42. The van der Waals surface area contributed by atoms with Crippen LogP contribution in [0.4, 0.5) is 11.4 Å². The van der Waals surface area contributed by atoms with Crippen molar-refractivity contribution in [1.82, 2.24) is 0 Å². The lowest BCUT2D eigenvalue weighted by Crippen LogP contribution is -2.04. The van der Waals surface area contributed by atoms with Crippen LogP contribution < -0.4 is 10.6 Å². The Morgan fingerprint density at radius 2 is 1.82 bits per heavy atom. The molecule has 0 aliphatic heterocycles. The molecule has 0 unspecified atom stereocenters. The summed E-state index contributed by atoms with van der Waals surface area (Å²) >= 11 is 0. The maximum Gasteiger partial charge on any atom is 0.183 e. The number of aryl methyl sites for hydroxylation is 2. The SMILES string of the molecule is C=C(Nc1ccc(NCc2ccc(C)cc2)cc1C)OCC. The number of rotatable bonds is 7. The van der Waals surface area contributed by atoms with Crippen molar-refractivity contribution in [3.05, 3.63) is 71.6 Å². The molecule has 0 radical (unpaired) electrons. The minimum atomic E-state index is 0.575. The average Bonchev–Trinajstić information content (AvgIpc) is 2.49.